The van der Waals surface area contributed by atoms with Crippen LogP contribution in [0.25, 0.3) is 0 Å². The molecule has 2 saturated heterocycles. The lowest BCUT2D eigenvalue weighted by Gasteiger charge is -2.38. The molecule has 0 aromatic carbocycles. The first kappa shape index (κ1) is 9.30. The first-order valence-electron chi connectivity index (χ1n) is 4.96. The van der Waals surface area contributed by atoms with Crippen LogP contribution in [-0.2, 0) is 4.79 Å². The lowest BCUT2D eigenvalue weighted by molar-refractivity contribution is -0.140. The Morgan fingerprint density at radius 1 is 1.36 bits per heavy atom. The highest BCUT2D eigenvalue weighted by molar-refractivity contribution is 5.91. The maximum absolute atomic E-state index is 11.9. The number of rotatable bonds is 1. The number of urea groups is 1. The van der Waals surface area contributed by atoms with E-state index in [9.17, 15) is 9.59 Å². The zero-order valence-corrected chi connectivity index (χ0v) is 8.49. The summed E-state index contributed by atoms with van der Waals surface area (Å²) in [5.41, 5.74) is 0. The molecule has 0 aromatic heterocycles. The summed E-state index contributed by atoms with van der Waals surface area (Å²) in [5, 5.41) is 2.69. The van der Waals surface area contributed by atoms with Gasteiger partial charge in [0.25, 0.3) is 0 Å². The number of hydrogen-bond acceptors (Lipinski definition) is 2. The van der Waals surface area contributed by atoms with Crippen LogP contribution in [0.4, 0.5) is 4.79 Å². The number of fused-ring (bicyclic) bond motifs is 1. The molecule has 5 nitrogen and oxygen atoms in total. The molecule has 0 radical (unpaired) electrons. The van der Waals surface area contributed by atoms with Gasteiger partial charge in [0.1, 0.15) is 6.04 Å². The van der Waals surface area contributed by atoms with E-state index in [2.05, 4.69) is 5.32 Å². The maximum atomic E-state index is 11.9. The molecule has 0 aromatic rings. The van der Waals surface area contributed by atoms with Gasteiger partial charge in [0, 0.05) is 25.7 Å². The highest BCUT2D eigenvalue weighted by atomic mass is 16.2. The zero-order valence-electron chi connectivity index (χ0n) is 8.49. The average molecular weight is 197 g/mol. The van der Waals surface area contributed by atoms with E-state index in [-0.39, 0.29) is 24.0 Å². The molecule has 2 aliphatic rings. The Kier molecular flexibility index (Phi) is 2.09. The van der Waals surface area contributed by atoms with Gasteiger partial charge < -0.3 is 15.1 Å². The van der Waals surface area contributed by atoms with E-state index in [4.69, 9.17) is 0 Å². The summed E-state index contributed by atoms with van der Waals surface area (Å²) >= 11 is 0. The fraction of sp³-hybridized carbons (Fsp3) is 0.778. The zero-order chi connectivity index (χ0) is 10.3. The van der Waals surface area contributed by atoms with Crippen LogP contribution in [0.1, 0.15) is 13.8 Å². The highest BCUT2D eigenvalue weighted by Gasteiger charge is 2.42. The molecular weight excluding hydrogens is 182 g/mol. The molecule has 14 heavy (non-hydrogen) atoms. The summed E-state index contributed by atoms with van der Waals surface area (Å²) in [6.45, 7) is 5.76. The maximum Gasteiger partial charge on any atom is 0.318 e. The van der Waals surface area contributed by atoms with Crippen molar-refractivity contribution in [3.63, 3.8) is 0 Å². The van der Waals surface area contributed by atoms with E-state index in [1.807, 2.05) is 18.7 Å². The van der Waals surface area contributed by atoms with Gasteiger partial charge in [-0.3, -0.25) is 4.79 Å². The quantitative estimate of drug-likeness (QED) is 0.623. The molecule has 2 rings (SSSR count). The smallest absolute Gasteiger partial charge is 0.318 e. The molecule has 3 amide bonds. The van der Waals surface area contributed by atoms with Crippen molar-refractivity contribution in [2.45, 2.75) is 25.9 Å². The van der Waals surface area contributed by atoms with E-state index in [0.717, 1.165) is 0 Å². The first-order valence-corrected chi connectivity index (χ1v) is 4.96. The van der Waals surface area contributed by atoms with Crippen molar-refractivity contribution >= 4 is 11.9 Å². The lowest BCUT2D eigenvalue weighted by atomic mass is 10.1. The van der Waals surface area contributed by atoms with Crippen LogP contribution in [0.2, 0.25) is 0 Å². The van der Waals surface area contributed by atoms with Crippen molar-refractivity contribution in [1.29, 1.82) is 0 Å². The van der Waals surface area contributed by atoms with Gasteiger partial charge in [-0.2, -0.15) is 0 Å². The lowest BCUT2D eigenvalue weighted by Crippen LogP contribution is -2.57. The Bertz CT molecular complexity index is 277. The summed E-state index contributed by atoms with van der Waals surface area (Å²) < 4.78 is 0. The van der Waals surface area contributed by atoms with Gasteiger partial charge in [0.05, 0.1) is 0 Å². The van der Waals surface area contributed by atoms with Crippen LogP contribution < -0.4 is 5.32 Å². The van der Waals surface area contributed by atoms with Gasteiger partial charge in [-0.25, -0.2) is 4.79 Å². The molecule has 5 heteroatoms. The predicted octanol–water partition coefficient (Wildman–Crippen LogP) is -0.369. The van der Waals surface area contributed by atoms with Crippen molar-refractivity contribution < 1.29 is 9.59 Å². The van der Waals surface area contributed by atoms with Crippen LogP contribution in [0, 0.1) is 0 Å². The van der Waals surface area contributed by atoms with E-state index in [1.165, 1.54) is 0 Å². The van der Waals surface area contributed by atoms with Gasteiger partial charge in [-0.15, -0.1) is 0 Å². The van der Waals surface area contributed by atoms with Crippen molar-refractivity contribution in [3.05, 3.63) is 0 Å². The second-order valence-corrected chi connectivity index (χ2v) is 4.02. The number of amides is 3. The van der Waals surface area contributed by atoms with Crippen molar-refractivity contribution in [1.82, 2.24) is 15.1 Å². The fourth-order valence-electron chi connectivity index (χ4n) is 2.05. The molecule has 0 bridgehead atoms. The Labute approximate surface area is 83.0 Å². The van der Waals surface area contributed by atoms with Crippen LogP contribution >= 0.6 is 0 Å². The number of piperazine rings is 1. The van der Waals surface area contributed by atoms with Gasteiger partial charge in [-0.05, 0) is 13.8 Å². The third-order valence-electron chi connectivity index (χ3n) is 2.86. The third kappa shape index (κ3) is 1.23. The molecule has 2 aliphatic heterocycles. The van der Waals surface area contributed by atoms with Gasteiger partial charge in [-0.1, -0.05) is 0 Å². The number of carbonyl (C=O) groups excluding carboxylic acids is 2. The van der Waals surface area contributed by atoms with E-state index < -0.39 is 0 Å². The van der Waals surface area contributed by atoms with Crippen molar-refractivity contribution in [3.8, 4) is 0 Å². The Hall–Kier alpha value is -1.26. The number of nitrogens with one attached hydrogen (secondary N) is 1. The molecule has 1 atom stereocenters. The Balaban J connectivity index is 2.14. The molecule has 0 saturated carbocycles. The molecule has 1 N–H and O–H groups in total. The number of nitrogens with zero attached hydrogens (tertiary/aromatic N) is 2. The molecule has 78 valence electrons. The highest BCUT2D eigenvalue weighted by Crippen LogP contribution is 2.17. The summed E-state index contributed by atoms with van der Waals surface area (Å²) in [4.78, 5) is 26.6. The van der Waals surface area contributed by atoms with E-state index in [1.54, 1.807) is 4.90 Å². The standard InChI is InChI=1S/C9H15N3O2/c1-6(2)11-3-4-12-7(8(11)13)5-10-9(12)14/h6-7H,3-5H2,1-2H3,(H,10,14). The second-order valence-electron chi connectivity index (χ2n) is 4.02. The van der Waals surface area contributed by atoms with Gasteiger partial charge in [0.2, 0.25) is 5.91 Å². The normalized spacial score (nSPS) is 26.9. The van der Waals surface area contributed by atoms with Crippen LogP contribution in [0.5, 0.6) is 0 Å². The SMILES string of the molecule is CC(C)N1CCN2C(=O)NCC2C1=O. The molecule has 2 fully saturated rings. The summed E-state index contributed by atoms with van der Waals surface area (Å²) in [6, 6.07) is -0.147. The minimum absolute atomic E-state index is 0.0737. The molecule has 0 spiro atoms. The molecule has 1 unspecified atom stereocenters. The summed E-state index contributed by atoms with van der Waals surface area (Å²) in [5.74, 6) is 0.0737. The van der Waals surface area contributed by atoms with Crippen LogP contribution in [-0.4, -0.2) is 53.5 Å². The van der Waals surface area contributed by atoms with E-state index >= 15 is 0 Å². The topological polar surface area (TPSA) is 52.6 Å². The first-order chi connectivity index (χ1) is 6.61. The Morgan fingerprint density at radius 3 is 2.71 bits per heavy atom. The Morgan fingerprint density at radius 2 is 2.07 bits per heavy atom. The predicted molar refractivity (Wildman–Crippen MR) is 50.7 cm³/mol. The molecule has 2 heterocycles. The summed E-state index contributed by atoms with van der Waals surface area (Å²) in [6.07, 6.45) is 0. The van der Waals surface area contributed by atoms with Gasteiger partial charge in [0.15, 0.2) is 0 Å². The van der Waals surface area contributed by atoms with Crippen LogP contribution in [0.15, 0.2) is 0 Å². The molecular formula is C9H15N3O2. The second kappa shape index (κ2) is 3.15. The average Bonchev–Trinajstić information content (AvgIpc) is 2.49. The van der Waals surface area contributed by atoms with E-state index in [0.29, 0.717) is 19.6 Å². The fourth-order valence-corrected chi connectivity index (χ4v) is 2.05. The minimum Gasteiger partial charge on any atom is -0.337 e. The largest absolute Gasteiger partial charge is 0.337 e. The van der Waals surface area contributed by atoms with Gasteiger partial charge >= 0.3 is 6.03 Å². The molecule has 0 aliphatic carbocycles. The summed E-state index contributed by atoms with van der Waals surface area (Å²) in [7, 11) is 0. The third-order valence-corrected chi connectivity index (χ3v) is 2.86. The number of hydrogen-bond donors (Lipinski definition) is 1. The van der Waals surface area contributed by atoms with Crippen molar-refractivity contribution in [2.24, 2.45) is 0 Å². The number of carbonyl (C=O) groups is 2. The van der Waals surface area contributed by atoms with Crippen LogP contribution in [0.3, 0.4) is 0 Å². The monoisotopic (exact) mass is 197 g/mol. The van der Waals surface area contributed by atoms with Crippen molar-refractivity contribution in [2.75, 3.05) is 19.6 Å². The minimum atomic E-state index is -0.265.